The standard InChI is InChI=1S/C36H48O6/c1-4-5-6-7-28-8-10-29(11-9-28)12-13-30-14-16-31(17-15-30)32-18-20-33(21-19-32)34(24-41-35(39)26(2)22-37)25-42-36(40)27(3)23-38/h14-21,28-29,34,37-38H,2-13,22-25H2,1H3. The Labute approximate surface area is 251 Å². The number of aryl methyl sites for hydroxylation is 1. The maximum Gasteiger partial charge on any atom is 0.335 e. The molecule has 1 saturated carbocycles. The summed E-state index contributed by atoms with van der Waals surface area (Å²) in [5, 5.41) is 18.3. The highest BCUT2D eigenvalue weighted by Crippen LogP contribution is 2.34. The lowest BCUT2D eigenvalue weighted by Gasteiger charge is -2.28. The number of benzene rings is 2. The van der Waals surface area contributed by atoms with Gasteiger partial charge in [-0.15, -0.1) is 0 Å². The molecule has 0 atom stereocenters. The second-order valence-corrected chi connectivity index (χ2v) is 11.7. The van der Waals surface area contributed by atoms with Crippen molar-refractivity contribution >= 4 is 11.9 Å². The zero-order valence-electron chi connectivity index (χ0n) is 25.2. The Kier molecular flexibility index (Phi) is 14.0. The molecular formula is C36H48O6. The van der Waals surface area contributed by atoms with Crippen molar-refractivity contribution < 1.29 is 29.3 Å². The van der Waals surface area contributed by atoms with E-state index in [0.29, 0.717) is 0 Å². The molecule has 228 valence electrons. The van der Waals surface area contributed by atoms with Gasteiger partial charge in [0, 0.05) is 0 Å². The van der Waals surface area contributed by atoms with Gasteiger partial charge in [0.1, 0.15) is 13.2 Å². The average Bonchev–Trinajstić information content (AvgIpc) is 3.03. The highest BCUT2D eigenvalue weighted by molar-refractivity contribution is 5.88. The quantitative estimate of drug-likeness (QED) is 0.120. The number of unbranched alkanes of at least 4 members (excludes halogenated alkanes) is 2. The van der Waals surface area contributed by atoms with Crippen LogP contribution in [0, 0.1) is 11.8 Å². The summed E-state index contributed by atoms with van der Waals surface area (Å²) in [6.07, 6.45) is 13.5. The molecule has 1 aliphatic carbocycles. The van der Waals surface area contributed by atoms with E-state index in [1.54, 1.807) is 0 Å². The number of aliphatic hydroxyl groups excluding tert-OH is 2. The van der Waals surface area contributed by atoms with Gasteiger partial charge in [0.15, 0.2) is 0 Å². The van der Waals surface area contributed by atoms with E-state index in [1.807, 2.05) is 24.3 Å². The van der Waals surface area contributed by atoms with Crippen LogP contribution in [0.3, 0.4) is 0 Å². The number of hydrogen-bond donors (Lipinski definition) is 2. The van der Waals surface area contributed by atoms with E-state index in [4.69, 9.17) is 19.7 Å². The first-order valence-electron chi connectivity index (χ1n) is 15.4. The largest absolute Gasteiger partial charge is 0.461 e. The molecule has 6 heteroatoms. The molecule has 2 N–H and O–H groups in total. The summed E-state index contributed by atoms with van der Waals surface area (Å²) in [5.41, 5.74) is 4.26. The van der Waals surface area contributed by atoms with Crippen molar-refractivity contribution in [1.29, 1.82) is 0 Å². The average molecular weight is 577 g/mol. The molecule has 0 aromatic heterocycles. The first-order chi connectivity index (χ1) is 20.3. The Morgan fingerprint density at radius 3 is 1.71 bits per heavy atom. The molecule has 0 aliphatic heterocycles. The molecule has 3 rings (SSSR count). The molecule has 0 amide bonds. The van der Waals surface area contributed by atoms with E-state index in [-0.39, 0.29) is 24.4 Å². The third-order valence-electron chi connectivity index (χ3n) is 8.48. The number of carbonyl (C=O) groups excluding carboxylic acids is 2. The van der Waals surface area contributed by atoms with Crippen molar-refractivity contribution in [3.05, 3.63) is 84.0 Å². The SMILES string of the molecule is C=C(CO)C(=O)OCC(COC(=O)C(=C)CO)c1ccc(-c2ccc(CCC3CCC(CCCCC)CC3)cc2)cc1. The lowest BCUT2D eigenvalue weighted by molar-refractivity contribution is -0.142. The van der Waals surface area contributed by atoms with Crippen LogP contribution in [0.5, 0.6) is 0 Å². The molecule has 1 fully saturated rings. The third-order valence-corrected chi connectivity index (χ3v) is 8.48. The molecule has 6 nitrogen and oxygen atoms in total. The van der Waals surface area contributed by atoms with Crippen LogP contribution in [0.25, 0.3) is 11.1 Å². The summed E-state index contributed by atoms with van der Waals surface area (Å²) in [6, 6.07) is 16.6. The molecule has 0 heterocycles. The molecule has 0 bridgehead atoms. The van der Waals surface area contributed by atoms with Crippen molar-refractivity contribution in [3.8, 4) is 11.1 Å². The second-order valence-electron chi connectivity index (χ2n) is 11.7. The van der Waals surface area contributed by atoms with Gasteiger partial charge in [-0.25, -0.2) is 9.59 Å². The van der Waals surface area contributed by atoms with Crippen LogP contribution >= 0.6 is 0 Å². The van der Waals surface area contributed by atoms with Gasteiger partial charge in [-0.3, -0.25) is 0 Å². The Hall–Kier alpha value is -3.22. The van der Waals surface area contributed by atoms with Crippen molar-refractivity contribution in [3.63, 3.8) is 0 Å². The summed E-state index contributed by atoms with van der Waals surface area (Å²) in [5.74, 6) is -0.0506. The van der Waals surface area contributed by atoms with Gasteiger partial charge in [-0.2, -0.15) is 0 Å². The van der Waals surface area contributed by atoms with Gasteiger partial charge >= 0.3 is 11.9 Å². The van der Waals surface area contributed by atoms with Gasteiger partial charge in [-0.1, -0.05) is 120 Å². The number of carbonyl (C=O) groups is 2. The van der Waals surface area contributed by atoms with Crippen LogP contribution < -0.4 is 0 Å². The molecule has 42 heavy (non-hydrogen) atoms. The van der Waals surface area contributed by atoms with Crippen LogP contribution in [0.2, 0.25) is 0 Å². The minimum Gasteiger partial charge on any atom is -0.461 e. The van der Waals surface area contributed by atoms with Gasteiger partial charge < -0.3 is 19.7 Å². The Morgan fingerprint density at radius 2 is 1.24 bits per heavy atom. The van der Waals surface area contributed by atoms with Gasteiger partial charge in [-0.05, 0) is 46.9 Å². The summed E-state index contributed by atoms with van der Waals surface area (Å²) in [6.45, 7) is 8.12. The smallest absolute Gasteiger partial charge is 0.335 e. The summed E-state index contributed by atoms with van der Waals surface area (Å²) < 4.78 is 10.6. The van der Waals surface area contributed by atoms with Crippen LogP contribution in [0.15, 0.2) is 72.8 Å². The maximum absolute atomic E-state index is 12.0. The molecule has 1 aliphatic rings. The minimum absolute atomic E-state index is 0.0524. The van der Waals surface area contributed by atoms with Crippen LogP contribution in [0.1, 0.15) is 81.8 Å². The van der Waals surface area contributed by atoms with E-state index in [1.165, 1.54) is 63.4 Å². The highest BCUT2D eigenvalue weighted by Gasteiger charge is 2.21. The van der Waals surface area contributed by atoms with Crippen molar-refractivity contribution in [2.24, 2.45) is 11.8 Å². The predicted octanol–water partition coefficient (Wildman–Crippen LogP) is 6.94. The normalized spacial score (nSPS) is 16.7. The van der Waals surface area contributed by atoms with Crippen LogP contribution in [-0.4, -0.2) is 48.6 Å². The Balaban J connectivity index is 1.55. The van der Waals surface area contributed by atoms with E-state index >= 15 is 0 Å². The lowest BCUT2D eigenvalue weighted by Crippen LogP contribution is -2.21. The second kappa shape index (κ2) is 17.7. The van der Waals surface area contributed by atoms with Crippen molar-refractivity contribution in [1.82, 2.24) is 0 Å². The first kappa shape index (κ1) is 33.3. The Morgan fingerprint density at radius 1 is 0.762 bits per heavy atom. The van der Waals surface area contributed by atoms with Crippen LogP contribution in [-0.2, 0) is 25.5 Å². The van der Waals surface area contributed by atoms with Gasteiger partial charge in [0.05, 0.1) is 30.3 Å². The highest BCUT2D eigenvalue weighted by atomic mass is 16.5. The van der Waals surface area contributed by atoms with Crippen LogP contribution in [0.4, 0.5) is 0 Å². The maximum atomic E-state index is 12.0. The lowest BCUT2D eigenvalue weighted by atomic mass is 9.78. The van der Waals surface area contributed by atoms with E-state index in [0.717, 1.165) is 34.9 Å². The number of aliphatic hydroxyl groups is 2. The molecule has 0 unspecified atom stereocenters. The first-order valence-corrected chi connectivity index (χ1v) is 15.4. The minimum atomic E-state index is -0.708. The zero-order chi connectivity index (χ0) is 30.3. The fourth-order valence-electron chi connectivity index (χ4n) is 5.60. The number of hydrogen-bond acceptors (Lipinski definition) is 6. The van der Waals surface area contributed by atoms with Gasteiger partial charge in [0.2, 0.25) is 0 Å². The number of ether oxygens (including phenoxy) is 2. The summed E-state index contributed by atoms with van der Waals surface area (Å²) >= 11 is 0. The number of esters is 2. The molecule has 0 saturated heterocycles. The molecule has 0 spiro atoms. The fourth-order valence-corrected chi connectivity index (χ4v) is 5.60. The van der Waals surface area contributed by atoms with Crippen molar-refractivity contribution in [2.75, 3.05) is 26.4 Å². The molecule has 0 radical (unpaired) electrons. The van der Waals surface area contributed by atoms with E-state index in [9.17, 15) is 9.59 Å². The zero-order valence-corrected chi connectivity index (χ0v) is 25.2. The van der Waals surface area contributed by atoms with Crippen molar-refractivity contribution in [2.45, 2.75) is 77.0 Å². The molecule has 2 aromatic carbocycles. The van der Waals surface area contributed by atoms with E-state index < -0.39 is 31.1 Å². The van der Waals surface area contributed by atoms with Gasteiger partial charge in [0.25, 0.3) is 0 Å². The predicted molar refractivity (Wildman–Crippen MR) is 167 cm³/mol. The summed E-state index contributed by atoms with van der Waals surface area (Å²) in [7, 11) is 0. The van der Waals surface area contributed by atoms with E-state index in [2.05, 4.69) is 44.3 Å². The monoisotopic (exact) mass is 576 g/mol. The third kappa shape index (κ3) is 10.6. The molecule has 2 aromatic rings. The molecular weight excluding hydrogens is 528 g/mol. The summed E-state index contributed by atoms with van der Waals surface area (Å²) in [4.78, 5) is 24.1. The topological polar surface area (TPSA) is 93.1 Å². The Bertz CT molecular complexity index is 1110. The number of rotatable bonds is 17. The fraction of sp³-hybridized carbons (Fsp3) is 0.500.